The third-order valence-electron chi connectivity index (χ3n) is 6.90. The van der Waals surface area contributed by atoms with Gasteiger partial charge in [0.1, 0.15) is 0 Å². The average Bonchev–Trinajstić information content (AvgIpc) is 2.86. The maximum absolute atomic E-state index is 11.7. The summed E-state index contributed by atoms with van der Waals surface area (Å²) in [4.78, 5) is 11.7. The van der Waals surface area contributed by atoms with Crippen molar-refractivity contribution in [2.45, 2.75) is 78.6 Å². The molecule has 0 spiro atoms. The summed E-state index contributed by atoms with van der Waals surface area (Å²) in [5, 5.41) is 9.57. The number of aromatic carboxylic acids is 1. The molecule has 0 saturated heterocycles. The van der Waals surface area contributed by atoms with Gasteiger partial charge < -0.3 is 5.11 Å². The standard InChI is InChI=1S/C32H40O2/c1-4-6-7-8-9-10-11-25-12-16-27(17-13-25)30-21-20-29(32(33)34)23-31(30)28-18-14-26(15-19-28)22-24(3)5-2/h12-21,23-24H,4-11,22H2,1-3H3,(H,33,34). The number of rotatable bonds is 13. The Kier molecular flexibility index (Phi) is 9.94. The van der Waals surface area contributed by atoms with Gasteiger partial charge in [-0.25, -0.2) is 4.79 Å². The van der Waals surface area contributed by atoms with Crippen molar-refractivity contribution in [3.05, 3.63) is 83.4 Å². The van der Waals surface area contributed by atoms with Crippen LogP contribution in [0.15, 0.2) is 66.7 Å². The molecule has 3 aromatic carbocycles. The van der Waals surface area contributed by atoms with Gasteiger partial charge in [-0.1, -0.05) is 114 Å². The monoisotopic (exact) mass is 456 g/mol. The predicted molar refractivity (Wildman–Crippen MR) is 145 cm³/mol. The lowest BCUT2D eigenvalue weighted by atomic mass is 9.90. The van der Waals surface area contributed by atoms with Crippen LogP contribution in [-0.2, 0) is 12.8 Å². The van der Waals surface area contributed by atoms with E-state index in [-0.39, 0.29) is 0 Å². The molecular weight excluding hydrogens is 416 g/mol. The van der Waals surface area contributed by atoms with Crippen LogP contribution >= 0.6 is 0 Å². The van der Waals surface area contributed by atoms with Crippen LogP contribution in [-0.4, -0.2) is 11.1 Å². The molecule has 0 fully saturated rings. The molecule has 0 saturated carbocycles. The molecule has 0 aliphatic carbocycles. The van der Waals surface area contributed by atoms with E-state index in [0.29, 0.717) is 11.5 Å². The molecule has 3 aromatic rings. The van der Waals surface area contributed by atoms with Gasteiger partial charge in [0.2, 0.25) is 0 Å². The second-order valence-electron chi connectivity index (χ2n) is 9.69. The molecule has 1 atom stereocenters. The molecule has 0 aliphatic rings. The minimum atomic E-state index is -0.893. The van der Waals surface area contributed by atoms with E-state index in [4.69, 9.17) is 0 Å². The molecule has 0 heterocycles. The van der Waals surface area contributed by atoms with Crippen LogP contribution in [0.5, 0.6) is 0 Å². The third-order valence-corrected chi connectivity index (χ3v) is 6.90. The fourth-order valence-electron chi connectivity index (χ4n) is 4.50. The molecule has 34 heavy (non-hydrogen) atoms. The topological polar surface area (TPSA) is 37.3 Å². The number of carboxylic acids is 1. The number of aryl methyl sites for hydroxylation is 1. The Labute approximate surface area is 206 Å². The zero-order valence-electron chi connectivity index (χ0n) is 21.1. The van der Waals surface area contributed by atoms with Crippen molar-refractivity contribution in [3.63, 3.8) is 0 Å². The van der Waals surface area contributed by atoms with Gasteiger partial charge in [-0.05, 0) is 70.7 Å². The molecule has 0 radical (unpaired) electrons. The van der Waals surface area contributed by atoms with Crippen molar-refractivity contribution in [1.29, 1.82) is 0 Å². The molecule has 0 bridgehead atoms. The lowest BCUT2D eigenvalue weighted by molar-refractivity contribution is 0.0697. The molecular formula is C32H40O2. The van der Waals surface area contributed by atoms with Crippen LogP contribution in [0.2, 0.25) is 0 Å². The van der Waals surface area contributed by atoms with Gasteiger partial charge in [0.25, 0.3) is 0 Å². The number of hydrogen-bond acceptors (Lipinski definition) is 1. The minimum Gasteiger partial charge on any atom is -0.478 e. The fourth-order valence-corrected chi connectivity index (χ4v) is 4.50. The van der Waals surface area contributed by atoms with Crippen LogP contribution in [0, 0.1) is 5.92 Å². The van der Waals surface area contributed by atoms with Crippen LogP contribution in [0.1, 0.15) is 87.2 Å². The summed E-state index contributed by atoms with van der Waals surface area (Å²) in [6.07, 6.45) is 11.2. The SMILES string of the molecule is CCCCCCCCc1ccc(-c2ccc(C(=O)O)cc2-c2ccc(CC(C)CC)cc2)cc1. The lowest BCUT2D eigenvalue weighted by Crippen LogP contribution is -1.99. The van der Waals surface area contributed by atoms with E-state index in [1.807, 2.05) is 12.1 Å². The van der Waals surface area contributed by atoms with Crippen LogP contribution < -0.4 is 0 Å². The van der Waals surface area contributed by atoms with E-state index in [0.717, 1.165) is 35.1 Å². The van der Waals surface area contributed by atoms with Gasteiger partial charge in [-0.3, -0.25) is 0 Å². The van der Waals surface area contributed by atoms with E-state index in [1.54, 1.807) is 6.07 Å². The number of carbonyl (C=O) groups is 1. The zero-order chi connectivity index (χ0) is 24.3. The minimum absolute atomic E-state index is 0.321. The normalized spacial score (nSPS) is 12.0. The summed E-state index contributed by atoms with van der Waals surface area (Å²) in [6, 6.07) is 22.9. The van der Waals surface area contributed by atoms with Crippen molar-refractivity contribution < 1.29 is 9.90 Å². The third kappa shape index (κ3) is 7.32. The summed E-state index contributed by atoms with van der Waals surface area (Å²) in [5.41, 5.74) is 7.25. The summed E-state index contributed by atoms with van der Waals surface area (Å²) >= 11 is 0. The van der Waals surface area contributed by atoms with E-state index < -0.39 is 5.97 Å². The molecule has 1 unspecified atom stereocenters. The Morgan fingerprint density at radius 2 is 1.32 bits per heavy atom. The Hall–Kier alpha value is -2.87. The smallest absolute Gasteiger partial charge is 0.335 e. The van der Waals surface area contributed by atoms with Crippen molar-refractivity contribution in [2.24, 2.45) is 5.92 Å². The van der Waals surface area contributed by atoms with Crippen LogP contribution in [0.25, 0.3) is 22.3 Å². The largest absolute Gasteiger partial charge is 0.478 e. The van der Waals surface area contributed by atoms with Crippen molar-refractivity contribution >= 4 is 5.97 Å². The van der Waals surface area contributed by atoms with Gasteiger partial charge >= 0.3 is 5.97 Å². The number of carboxylic acid groups (broad SMARTS) is 1. The quantitative estimate of drug-likeness (QED) is 0.260. The number of unbranched alkanes of at least 4 members (excludes halogenated alkanes) is 5. The van der Waals surface area contributed by atoms with Crippen molar-refractivity contribution in [1.82, 2.24) is 0 Å². The number of benzene rings is 3. The molecule has 0 aromatic heterocycles. The second kappa shape index (κ2) is 13.1. The van der Waals surface area contributed by atoms with Gasteiger partial charge in [0, 0.05) is 0 Å². The first-order valence-corrected chi connectivity index (χ1v) is 13.1. The molecule has 3 rings (SSSR count). The molecule has 180 valence electrons. The second-order valence-corrected chi connectivity index (χ2v) is 9.69. The van der Waals surface area contributed by atoms with Crippen molar-refractivity contribution in [3.8, 4) is 22.3 Å². The first-order valence-electron chi connectivity index (χ1n) is 13.1. The predicted octanol–water partition coefficient (Wildman–Crippen LogP) is 9.21. The lowest BCUT2D eigenvalue weighted by Gasteiger charge is -2.14. The van der Waals surface area contributed by atoms with E-state index in [1.165, 1.54) is 56.1 Å². The molecule has 2 nitrogen and oxygen atoms in total. The summed E-state index contributed by atoms with van der Waals surface area (Å²) < 4.78 is 0. The Morgan fingerprint density at radius 3 is 1.94 bits per heavy atom. The summed E-state index contributed by atoms with van der Waals surface area (Å²) in [6.45, 7) is 6.76. The highest BCUT2D eigenvalue weighted by Crippen LogP contribution is 2.34. The Balaban J connectivity index is 1.79. The van der Waals surface area contributed by atoms with Gasteiger partial charge in [-0.15, -0.1) is 0 Å². The molecule has 0 aliphatic heterocycles. The maximum atomic E-state index is 11.7. The fraction of sp³-hybridized carbons (Fsp3) is 0.406. The maximum Gasteiger partial charge on any atom is 0.335 e. The highest BCUT2D eigenvalue weighted by Gasteiger charge is 2.13. The van der Waals surface area contributed by atoms with E-state index in [9.17, 15) is 9.90 Å². The summed E-state index contributed by atoms with van der Waals surface area (Å²) in [5.74, 6) is -0.234. The Bertz CT molecular complexity index is 1030. The van der Waals surface area contributed by atoms with Gasteiger partial charge in [0.05, 0.1) is 5.56 Å². The van der Waals surface area contributed by atoms with E-state index in [2.05, 4.69) is 69.3 Å². The highest BCUT2D eigenvalue weighted by molar-refractivity contribution is 5.93. The molecule has 1 N–H and O–H groups in total. The van der Waals surface area contributed by atoms with Crippen LogP contribution in [0.4, 0.5) is 0 Å². The highest BCUT2D eigenvalue weighted by atomic mass is 16.4. The van der Waals surface area contributed by atoms with Crippen LogP contribution in [0.3, 0.4) is 0 Å². The molecule has 2 heteroatoms. The van der Waals surface area contributed by atoms with Gasteiger partial charge in [0.15, 0.2) is 0 Å². The van der Waals surface area contributed by atoms with E-state index >= 15 is 0 Å². The van der Waals surface area contributed by atoms with Gasteiger partial charge in [-0.2, -0.15) is 0 Å². The first-order chi connectivity index (χ1) is 16.5. The number of hydrogen-bond donors (Lipinski definition) is 1. The average molecular weight is 457 g/mol. The summed E-state index contributed by atoms with van der Waals surface area (Å²) in [7, 11) is 0. The zero-order valence-corrected chi connectivity index (χ0v) is 21.1. The Morgan fingerprint density at radius 1 is 0.735 bits per heavy atom. The first kappa shape index (κ1) is 25.7. The van der Waals surface area contributed by atoms with Crippen molar-refractivity contribution in [2.75, 3.05) is 0 Å². The molecule has 0 amide bonds.